The first-order valence-electron chi connectivity index (χ1n) is 6.50. The quantitative estimate of drug-likeness (QED) is 0.760. The molecule has 0 radical (unpaired) electrons. The number of halogens is 1. The second kappa shape index (κ2) is 4.94. The summed E-state index contributed by atoms with van der Waals surface area (Å²) in [5.74, 6) is -0.404. The molecule has 0 saturated carbocycles. The lowest BCUT2D eigenvalue weighted by Gasteiger charge is -2.15. The summed E-state index contributed by atoms with van der Waals surface area (Å²) in [6.07, 6.45) is 0. The summed E-state index contributed by atoms with van der Waals surface area (Å²) in [4.78, 5) is 12.5. The smallest absolute Gasteiger partial charge is 0.280 e. The Morgan fingerprint density at radius 2 is 1.86 bits per heavy atom. The van der Waals surface area contributed by atoms with Crippen molar-refractivity contribution in [2.45, 2.75) is 0 Å². The molecule has 0 fully saturated rings. The zero-order chi connectivity index (χ0) is 15.0. The molecule has 0 aliphatic carbocycles. The van der Waals surface area contributed by atoms with Crippen molar-refractivity contribution in [3.8, 4) is 5.69 Å². The number of anilines is 2. The number of pyridine rings is 1. The fraction of sp³-hybridized carbons (Fsp3) is 0.0625. The van der Waals surface area contributed by atoms with Crippen LogP contribution in [0.1, 0.15) is 0 Å². The molecule has 3 N–H and O–H groups in total. The first kappa shape index (κ1) is 13.2. The Morgan fingerprint density at radius 3 is 2.52 bits per heavy atom. The van der Waals surface area contributed by atoms with Gasteiger partial charge in [0.1, 0.15) is 11.5 Å². The van der Waals surface area contributed by atoms with Gasteiger partial charge in [-0.05, 0) is 30.3 Å². The maximum atomic E-state index is 13.6. The molecule has 21 heavy (non-hydrogen) atoms. The van der Waals surface area contributed by atoms with Crippen LogP contribution in [0.25, 0.3) is 16.6 Å². The van der Waals surface area contributed by atoms with Crippen molar-refractivity contribution in [3.05, 3.63) is 64.7 Å². The van der Waals surface area contributed by atoms with Crippen molar-refractivity contribution in [2.24, 2.45) is 0 Å². The number of benzene rings is 2. The highest BCUT2D eigenvalue weighted by Crippen LogP contribution is 2.28. The lowest BCUT2D eigenvalue weighted by Crippen LogP contribution is -2.23. The van der Waals surface area contributed by atoms with Crippen LogP contribution in [0.15, 0.2) is 53.3 Å². The van der Waals surface area contributed by atoms with Gasteiger partial charge in [-0.2, -0.15) is 0 Å². The Morgan fingerprint density at radius 1 is 1.14 bits per heavy atom. The maximum Gasteiger partial charge on any atom is 0.280 e. The highest BCUT2D eigenvalue weighted by molar-refractivity contribution is 5.98. The van der Waals surface area contributed by atoms with Gasteiger partial charge in [0, 0.05) is 18.1 Å². The van der Waals surface area contributed by atoms with Gasteiger partial charge in [-0.25, -0.2) is 4.39 Å². The van der Waals surface area contributed by atoms with Crippen molar-refractivity contribution in [1.82, 2.24) is 4.57 Å². The minimum Gasteiger partial charge on any atom is -0.393 e. The van der Waals surface area contributed by atoms with Gasteiger partial charge in [0.15, 0.2) is 0 Å². The fourth-order valence-corrected chi connectivity index (χ4v) is 2.49. The van der Waals surface area contributed by atoms with E-state index in [1.807, 2.05) is 18.2 Å². The molecule has 3 aromatic rings. The van der Waals surface area contributed by atoms with Gasteiger partial charge in [0.2, 0.25) is 0 Å². The van der Waals surface area contributed by atoms with Crippen LogP contribution >= 0.6 is 0 Å². The topological polar surface area (TPSA) is 60.0 Å². The molecular weight excluding hydrogens is 269 g/mol. The lowest BCUT2D eigenvalue weighted by atomic mass is 10.1. The molecule has 1 aromatic heterocycles. The van der Waals surface area contributed by atoms with Gasteiger partial charge in [0.05, 0.1) is 11.2 Å². The van der Waals surface area contributed by atoms with Gasteiger partial charge < -0.3 is 11.1 Å². The number of para-hydroxylation sites is 1. The molecule has 0 aliphatic heterocycles. The molecule has 5 heteroatoms. The van der Waals surface area contributed by atoms with Crippen LogP contribution in [0, 0.1) is 5.82 Å². The minimum atomic E-state index is -0.404. The predicted octanol–water partition coefficient (Wildman–Crippen LogP) is 2.75. The number of nitrogens with two attached hydrogens (primary N) is 1. The van der Waals surface area contributed by atoms with E-state index in [1.165, 1.54) is 16.7 Å². The van der Waals surface area contributed by atoms with Crippen molar-refractivity contribution < 1.29 is 4.39 Å². The summed E-state index contributed by atoms with van der Waals surface area (Å²) in [6, 6.07) is 13.3. The molecule has 0 aliphatic rings. The molecule has 0 spiro atoms. The number of hydrogen-bond acceptors (Lipinski definition) is 3. The molecule has 0 bridgehead atoms. The van der Waals surface area contributed by atoms with Gasteiger partial charge in [-0.1, -0.05) is 18.2 Å². The number of fused-ring (bicyclic) bond motifs is 1. The van der Waals surface area contributed by atoms with E-state index in [-0.39, 0.29) is 11.2 Å². The zero-order valence-corrected chi connectivity index (χ0v) is 11.4. The van der Waals surface area contributed by atoms with Crippen LogP contribution in [0.5, 0.6) is 0 Å². The van der Waals surface area contributed by atoms with Crippen molar-refractivity contribution >= 4 is 22.3 Å². The fourth-order valence-electron chi connectivity index (χ4n) is 2.49. The SMILES string of the molecule is CNc1c(N)c(=O)n(-c2ccccc2)c2cc(F)ccc12. The van der Waals surface area contributed by atoms with Gasteiger partial charge in [-0.15, -0.1) is 0 Å². The summed E-state index contributed by atoms with van der Waals surface area (Å²) in [5, 5.41) is 3.61. The average Bonchev–Trinajstić information content (AvgIpc) is 2.50. The van der Waals surface area contributed by atoms with Gasteiger partial charge in [-0.3, -0.25) is 9.36 Å². The van der Waals surface area contributed by atoms with E-state index >= 15 is 0 Å². The predicted molar refractivity (Wildman–Crippen MR) is 83.5 cm³/mol. The molecule has 1 heterocycles. The molecule has 0 unspecified atom stereocenters. The largest absolute Gasteiger partial charge is 0.393 e. The summed E-state index contributed by atoms with van der Waals surface area (Å²) in [5.41, 5.74) is 7.32. The Labute approximate surface area is 120 Å². The van der Waals surface area contributed by atoms with E-state index in [2.05, 4.69) is 5.32 Å². The van der Waals surface area contributed by atoms with Crippen molar-refractivity contribution in [2.75, 3.05) is 18.1 Å². The van der Waals surface area contributed by atoms with Crippen molar-refractivity contribution in [3.63, 3.8) is 0 Å². The van der Waals surface area contributed by atoms with E-state index in [9.17, 15) is 9.18 Å². The standard InChI is InChI=1S/C16H14FN3O/c1-19-15-12-8-7-10(17)9-13(12)20(16(21)14(15)18)11-5-3-2-4-6-11/h2-9,19H,18H2,1H3. The Balaban J connectivity index is 2.52. The van der Waals surface area contributed by atoms with E-state index in [1.54, 1.807) is 25.2 Å². The van der Waals surface area contributed by atoms with Crippen LogP contribution in [-0.2, 0) is 0 Å². The number of aromatic nitrogens is 1. The third-order valence-electron chi connectivity index (χ3n) is 3.44. The minimum absolute atomic E-state index is 0.112. The molecule has 106 valence electrons. The van der Waals surface area contributed by atoms with Crippen LogP contribution in [0.2, 0.25) is 0 Å². The Bertz CT molecular complexity index is 872. The monoisotopic (exact) mass is 283 g/mol. The first-order valence-corrected chi connectivity index (χ1v) is 6.50. The molecular formula is C16H14FN3O. The molecule has 0 amide bonds. The van der Waals surface area contributed by atoms with Gasteiger partial charge in [0.25, 0.3) is 5.56 Å². The van der Waals surface area contributed by atoms with Crippen molar-refractivity contribution in [1.29, 1.82) is 0 Å². The van der Waals surface area contributed by atoms with Crippen LogP contribution in [-0.4, -0.2) is 11.6 Å². The van der Waals surface area contributed by atoms with Crippen LogP contribution < -0.4 is 16.6 Å². The maximum absolute atomic E-state index is 13.6. The second-order valence-electron chi connectivity index (χ2n) is 4.68. The van der Waals surface area contributed by atoms with Gasteiger partial charge >= 0.3 is 0 Å². The number of nitrogens with zero attached hydrogens (tertiary/aromatic N) is 1. The zero-order valence-electron chi connectivity index (χ0n) is 11.4. The highest BCUT2D eigenvalue weighted by atomic mass is 19.1. The Hall–Kier alpha value is -2.82. The summed E-state index contributed by atoms with van der Waals surface area (Å²) < 4.78 is 15.1. The number of hydrogen-bond donors (Lipinski definition) is 2. The van der Waals surface area contributed by atoms with Crippen LogP contribution in [0.4, 0.5) is 15.8 Å². The summed E-state index contributed by atoms with van der Waals surface area (Å²) in [7, 11) is 1.68. The normalized spacial score (nSPS) is 10.8. The molecule has 0 saturated heterocycles. The van der Waals surface area contributed by atoms with Crippen LogP contribution in [0.3, 0.4) is 0 Å². The first-order chi connectivity index (χ1) is 10.1. The third kappa shape index (κ3) is 2.03. The molecule has 2 aromatic carbocycles. The molecule has 0 atom stereocenters. The van der Waals surface area contributed by atoms with E-state index in [0.29, 0.717) is 22.3 Å². The second-order valence-corrected chi connectivity index (χ2v) is 4.68. The lowest BCUT2D eigenvalue weighted by molar-refractivity contribution is 0.629. The molecule has 4 nitrogen and oxygen atoms in total. The number of nitrogen functional groups attached to an aromatic ring is 1. The average molecular weight is 283 g/mol. The Kier molecular flexibility index (Phi) is 3.10. The van der Waals surface area contributed by atoms with E-state index < -0.39 is 5.82 Å². The summed E-state index contributed by atoms with van der Waals surface area (Å²) >= 11 is 0. The van der Waals surface area contributed by atoms with E-state index in [0.717, 1.165) is 0 Å². The summed E-state index contributed by atoms with van der Waals surface area (Å²) in [6.45, 7) is 0. The third-order valence-corrected chi connectivity index (χ3v) is 3.44. The highest BCUT2D eigenvalue weighted by Gasteiger charge is 2.15. The number of rotatable bonds is 2. The number of nitrogens with one attached hydrogen (secondary N) is 1. The molecule has 3 rings (SSSR count). The van der Waals surface area contributed by atoms with E-state index in [4.69, 9.17) is 5.73 Å².